The largest absolute Gasteiger partial charge is 0.460 e. The Balaban J connectivity index is 2.50. The van der Waals surface area contributed by atoms with E-state index in [1.54, 1.807) is 0 Å². The van der Waals surface area contributed by atoms with Crippen molar-refractivity contribution in [2.45, 2.75) is 6.92 Å². The van der Waals surface area contributed by atoms with Gasteiger partial charge in [-0.15, -0.1) is 0 Å². The molecule has 16 heavy (non-hydrogen) atoms. The first-order chi connectivity index (χ1) is 7.65. The lowest BCUT2D eigenvalue weighted by atomic mass is 10.2. The molecular formula is C11H12F2O3. The third-order valence-corrected chi connectivity index (χ3v) is 1.82. The van der Waals surface area contributed by atoms with Crippen LogP contribution in [0.2, 0.25) is 0 Å². The van der Waals surface area contributed by atoms with Crippen molar-refractivity contribution < 1.29 is 23.0 Å². The summed E-state index contributed by atoms with van der Waals surface area (Å²) in [5.74, 6) is -2.76. The van der Waals surface area contributed by atoms with Crippen molar-refractivity contribution >= 4 is 5.97 Å². The van der Waals surface area contributed by atoms with Crippen molar-refractivity contribution in [3.8, 4) is 0 Å². The number of benzene rings is 1. The quantitative estimate of drug-likeness (QED) is 0.574. The molecule has 3 nitrogen and oxygen atoms in total. The van der Waals surface area contributed by atoms with E-state index in [-0.39, 0.29) is 18.8 Å². The molecule has 0 radical (unpaired) electrons. The molecule has 0 aliphatic rings. The summed E-state index contributed by atoms with van der Waals surface area (Å²) in [5.41, 5.74) is -0.0181. The standard InChI is InChI=1S/C11H12F2O3/c1-2-15-5-6-16-11(14)8-3-4-9(12)10(13)7-8/h3-4,7H,2,5-6H2,1H3. The van der Waals surface area contributed by atoms with E-state index in [2.05, 4.69) is 0 Å². The van der Waals surface area contributed by atoms with Crippen LogP contribution >= 0.6 is 0 Å². The van der Waals surface area contributed by atoms with E-state index >= 15 is 0 Å². The van der Waals surface area contributed by atoms with Crippen molar-refractivity contribution in [1.82, 2.24) is 0 Å². The smallest absolute Gasteiger partial charge is 0.338 e. The van der Waals surface area contributed by atoms with Crippen molar-refractivity contribution in [3.05, 3.63) is 35.4 Å². The van der Waals surface area contributed by atoms with Crippen LogP contribution in [0.15, 0.2) is 18.2 Å². The fourth-order valence-electron chi connectivity index (χ4n) is 1.04. The minimum atomic E-state index is -1.07. The molecule has 0 amide bonds. The summed E-state index contributed by atoms with van der Waals surface area (Å²) >= 11 is 0. The second-order valence-electron chi connectivity index (χ2n) is 2.96. The predicted octanol–water partition coefficient (Wildman–Crippen LogP) is 2.16. The van der Waals surface area contributed by atoms with Gasteiger partial charge in [0.1, 0.15) is 6.61 Å². The first-order valence-electron chi connectivity index (χ1n) is 4.85. The summed E-state index contributed by atoms with van der Waals surface area (Å²) in [5, 5.41) is 0. The van der Waals surface area contributed by atoms with Gasteiger partial charge in [-0.1, -0.05) is 0 Å². The number of hydrogen-bond donors (Lipinski definition) is 0. The van der Waals surface area contributed by atoms with Gasteiger partial charge in [-0.2, -0.15) is 0 Å². The third kappa shape index (κ3) is 3.58. The number of esters is 1. The molecule has 5 heteroatoms. The van der Waals surface area contributed by atoms with Crippen molar-refractivity contribution in [2.24, 2.45) is 0 Å². The minimum Gasteiger partial charge on any atom is -0.460 e. The topological polar surface area (TPSA) is 35.5 Å². The van der Waals surface area contributed by atoms with E-state index < -0.39 is 17.6 Å². The molecule has 0 aliphatic heterocycles. The molecule has 0 atom stereocenters. The van der Waals surface area contributed by atoms with Crippen LogP contribution in [-0.2, 0) is 9.47 Å². The van der Waals surface area contributed by atoms with E-state index in [1.165, 1.54) is 6.07 Å². The highest BCUT2D eigenvalue weighted by atomic mass is 19.2. The Bertz CT molecular complexity index is 366. The molecule has 1 aromatic carbocycles. The van der Waals surface area contributed by atoms with Crippen LogP contribution in [-0.4, -0.2) is 25.8 Å². The van der Waals surface area contributed by atoms with E-state index in [0.29, 0.717) is 6.61 Å². The van der Waals surface area contributed by atoms with Gasteiger partial charge < -0.3 is 9.47 Å². The van der Waals surface area contributed by atoms with Crippen LogP contribution in [0.4, 0.5) is 8.78 Å². The Morgan fingerprint density at radius 1 is 1.25 bits per heavy atom. The molecule has 0 spiro atoms. The molecule has 1 rings (SSSR count). The highest BCUT2D eigenvalue weighted by Gasteiger charge is 2.10. The molecule has 0 saturated carbocycles. The molecule has 0 heterocycles. The van der Waals surface area contributed by atoms with Crippen molar-refractivity contribution in [3.63, 3.8) is 0 Å². The Hall–Kier alpha value is -1.49. The van der Waals surface area contributed by atoms with Crippen molar-refractivity contribution in [2.75, 3.05) is 19.8 Å². The first-order valence-corrected chi connectivity index (χ1v) is 4.85. The molecule has 0 N–H and O–H groups in total. The van der Waals surface area contributed by atoms with Gasteiger partial charge in [0.05, 0.1) is 12.2 Å². The number of halogens is 2. The molecule has 0 bridgehead atoms. The van der Waals surface area contributed by atoms with E-state index in [0.717, 1.165) is 12.1 Å². The van der Waals surface area contributed by atoms with Gasteiger partial charge >= 0.3 is 5.97 Å². The van der Waals surface area contributed by atoms with Crippen LogP contribution in [0.3, 0.4) is 0 Å². The van der Waals surface area contributed by atoms with Gasteiger partial charge in [0.25, 0.3) is 0 Å². The minimum absolute atomic E-state index is 0.0181. The maximum Gasteiger partial charge on any atom is 0.338 e. The third-order valence-electron chi connectivity index (χ3n) is 1.82. The monoisotopic (exact) mass is 230 g/mol. The van der Waals surface area contributed by atoms with E-state index in [1.807, 2.05) is 6.92 Å². The fourth-order valence-corrected chi connectivity index (χ4v) is 1.04. The Labute approximate surface area is 92.0 Å². The summed E-state index contributed by atoms with van der Waals surface area (Å²) in [4.78, 5) is 11.3. The molecular weight excluding hydrogens is 218 g/mol. The van der Waals surface area contributed by atoms with Gasteiger partial charge in [-0.3, -0.25) is 0 Å². The lowest BCUT2D eigenvalue weighted by Gasteiger charge is -2.04. The van der Waals surface area contributed by atoms with Crippen LogP contribution in [0.5, 0.6) is 0 Å². The average Bonchev–Trinajstić information content (AvgIpc) is 2.28. The number of ether oxygens (including phenoxy) is 2. The maximum atomic E-state index is 12.8. The SMILES string of the molecule is CCOCCOC(=O)c1ccc(F)c(F)c1. The van der Waals surface area contributed by atoms with E-state index in [9.17, 15) is 13.6 Å². The zero-order valence-electron chi connectivity index (χ0n) is 8.83. The maximum absolute atomic E-state index is 12.8. The van der Waals surface area contributed by atoms with Gasteiger partial charge in [0.15, 0.2) is 11.6 Å². The van der Waals surface area contributed by atoms with E-state index in [4.69, 9.17) is 9.47 Å². The molecule has 88 valence electrons. The second-order valence-corrected chi connectivity index (χ2v) is 2.96. The van der Waals surface area contributed by atoms with Crippen LogP contribution in [0.25, 0.3) is 0 Å². The average molecular weight is 230 g/mol. The summed E-state index contributed by atoms with van der Waals surface area (Å²) in [6.07, 6.45) is 0. The summed E-state index contributed by atoms with van der Waals surface area (Å²) in [7, 11) is 0. The normalized spacial score (nSPS) is 10.2. The molecule has 0 saturated heterocycles. The predicted molar refractivity (Wildman–Crippen MR) is 53.1 cm³/mol. The lowest BCUT2D eigenvalue weighted by Crippen LogP contribution is -2.11. The van der Waals surface area contributed by atoms with Gasteiger partial charge in [-0.05, 0) is 25.1 Å². The number of carbonyl (C=O) groups excluding carboxylic acids is 1. The lowest BCUT2D eigenvalue weighted by molar-refractivity contribution is 0.0335. The zero-order valence-corrected chi connectivity index (χ0v) is 8.83. The highest BCUT2D eigenvalue weighted by molar-refractivity contribution is 5.89. The molecule has 0 aromatic heterocycles. The molecule has 1 aromatic rings. The molecule has 0 aliphatic carbocycles. The summed E-state index contributed by atoms with van der Waals surface area (Å²) in [6.45, 7) is 2.72. The summed E-state index contributed by atoms with van der Waals surface area (Å²) in [6, 6.07) is 2.86. The van der Waals surface area contributed by atoms with Crippen LogP contribution < -0.4 is 0 Å². The van der Waals surface area contributed by atoms with Gasteiger partial charge in [0.2, 0.25) is 0 Å². The highest BCUT2D eigenvalue weighted by Crippen LogP contribution is 2.09. The molecule has 0 unspecified atom stereocenters. The van der Waals surface area contributed by atoms with Gasteiger partial charge in [0, 0.05) is 6.61 Å². The second kappa shape index (κ2) is 6.17. The van der Waals surface area contributed by atoms with Crippen LogP contribution in [0.1, 0.15) is 17.3 Å². The van der Waals surface area contributed by atoms with Crippen LogP contribution in [0, 0.1) is 11.6 Å². The fraction of sp³-hybridized carbons (Fsp3) is 0.364. The van der Waals surface area contributed by atoms with Gasteiger partial charge in [-0.25, -0.2) is 13.6 Å². The first kappa shape index (κ1) is 12.6. The number of hydrogen-bond acceptors (Lipinski definition) is 3. The molecule has 0 fully saturated rings. The Kier molecular flexibility index (Phi) is 4.85. The Morgan fingerprint density at radius 3 is 2.62 bits per heavy atom. The Morgan fingerprint density at radius 2 is 2.00 bits per heavy atom. The zero-order chi connectivity index (χ0) is 12.0. The number of carbonyl (C=O) groups is 1. The number of rotatable bonds is 5. The summed E-state index contributed by atoms with van der Waals surface area (Å²) < 4.78 is 35.1. The van der Waals surface area contributed by atoms with Crippen molar-refractivity contribution in [1.29, 1.82) is 0 Å².